The number of nitrogens with zero attached hydrogens (tertiary/aromatic N) is 2. The smallest absolute Gasteiger partial charge is 0.114 e. The first-order valence-electron chi connectivity index (χ1n) is 22.0. The zero-order chi connectivity index (χ0) is 41.6. The molecule has 0 saturated heterocycles. The molecule has 2 nitrogen and oxygen atoms in total. The fourth-order valence-corrected chi connectivity index (χ4v) is 10.8. The highest BCUT2D eigenvalue weighted by Crippen LogP contribution is 2.50. The molecule has 0 bridgehead atoms. The second-order valence-corrected chi connectivity index (χ2v) is 16.8. The molecule has 0 amide bonds. The second-order valence-electron chi connectivity index (χ2n) is 16.8. The van der Waals surface area contributed by atoms with Gasteiger partial charge in [0.1, 0.15) is 5.82 Å². The van der Waals surface area contributed by atoms with Gasteiger partial charge in [-0.15, -0.1) is 0 Å². The van der Waals surface area contributed by atoms with Crippen LogP contribution in [0.15, 0.2) is 212 Å². The number of aryl methyl sites for hydroxylation is 1. The quantitative estimate of drug-likeness (QED) is 0.125. The fraction of sp³-hybridized carbons (Fsp3) is 0.0328. The molecule has 0 spiro atoms. The van der Waals surface area contributed by atoms with Crippen LogP contribution >= 0.6 is 0 Å². The van der Waals surface area contributed by atoms with Gasteiger partial charge in [-0.1, -0.05) is 189 Å². The zero-order valence-corrected chi connectivity index (χ0v) is 34.8. The van der Waals surface area contributed by atoms with Crippen LogP contribution in [0.5, 0.6) is 0 Å². The molecule has 13 rings (SSSR count). The van der Waals surface area contributed by atoms with E-state index < -0.39 is 0 Å². The summed E-state index contributed by atoms with van der Waals surface area (Å²) in [6, 6.07) is 78.7. The third kappa shape index (κ3) is 5.28. The second kappa shape index (κ2) is 14.0. The SMILES string of the molecule is CCc1nc2ccccc2n1-c1ccc(-c2c3ccccc3c(-c3cc4c5ccccc5c5ccccc5c4c4ccccc34)c3cc(-c4ccccc4)ccc23)c2ccccc12. The zero-order valence-electron chi connectivity index (χ0n) is 34.8. The summed E-state index contributed by atoms with van der Waals surface area (Å²) in [5.41, 5.74) is 10.7. The maximum absolute atomic E-state index is 5.08. The number of aromatic nitrogens is 2. The van der Waals surface area contributed by atoms with Gasteiger partial charge in [0, 0.05) is 11.8 Å². The van der Waals surface area contributed by atoms with Crippen molar-refractivity contribution < 1.29 is 0 Å². The van der Waals surface area contributed by atoms with Crippen molar-refractivity contribution in [3.63, 3.8) is 0 Å². The Kier molecular flexibility index (Phi) is 7.92. The van der Waals surface area contributed by atoms with Gasteiger partial charge in [-0.3, -0.25) is 4.57 Å². The Morgan fingerprint density at radius 3 is 1.56 bits per heavy atom. The lowest BCUT2D eigenvalue weighted by Crippen LogP contribution is -2.01. The minimum atomic E-state index is 0.834. The molecule has 0 fully saturated rings. The predicted molar refractivity (Wildman–Crippen MR) is 269 cm³/mol. The average Bonchev–Trinajstić information content (AvgIpc) is 3.74. The molecule has 0 N–H and O–H groups in total. The molecule has 0 saturated carbocycles. The van der Waals surface area contributed by atoms with Gasteiger partial charge < -0.3 is 0 Å². The van der Waals surface area contributed by atoms with Crippen LogP contribution in [0.4, 0.5) is 0 Å². The summed E-state index contributed by atoms with van der Waals surface area (Å²) in [5, 5.41) is 17.6. The Morgan fingerprint density at radius 1 is 0.349 bits per heavy atom. The van der Waals surface area contributed by atoms with Gasteiger partial charge >= 0.3 is 0 Å². The van der Waals surface area contributed by atoms with Crippen LogP contribution < -0.4 is 0 Å². The lowest BCUT2D eigenvalue weighted by Gasteiger charge is -2.22. The van der Waals surface area contributed by atoms with Crippen LogP contribution in [0.1, 0.15) is 12.7 Å². The summed E-state index contributed by atoms with van der Waals surface area (Å²) in [7, 11) is 0. The van der Waals surface area contributed by atoms with E-state index in [9.17, 15) is 0 Å². The highest BCUT2D eigenvalue weighted by Gasteiger charge is 2.23. The predicted octanol–water partition coefficient (Wildman–Crippen LogP) is 16.7. The number of rotatable bonds is 5. The van der Waals surface area contributed by atoms with Gasteiger partial charge in [0.15, 0.2) is 0 Å². The Balaban J connectivity index is 1.18. The molecule has 12 aromatic carbocycles. The Bertz CT molecular complexity index is 4010. The minimum absolute atomic E-state index is 0.834. The number of benzene rings is 12. The summed E-state index contributed by atoms with van der Waals surface area (Å²) < 4.78 is 2.37. The minimum Gasteiger partial charge on any atom is -0.296 e. The highest BCUT2D eigenvalue weighted by atomic mass is 15.1. The molecule has 0 atom stereocenters. The van der Waals surface area contributed by atoms with Crippen LogP contribution in [0.2, 0.25) is 0 Å². The van der Waals surface area contributed by atoms with Crippen LogP contribution in [0.25, 0.3) is 126 Å². The number of imidazole rings is 1. The van der Waals surface area contributed by atoms with E-state index in [1.807, 2.05) is 0 Å². The number of hydrogen-bond acceptors (Lipinski definition) is 1. The van der Waals surface area contributed by atoms with E-state index in [2.05, 4.69) is 224 Å². The van der Waals surface area contributed by atoms with E-state index in [0.717, 1.165) is 29.0 Å². The molecule has 0 aliphatic heterocycles. The number of hydrogen-bond donors (Lipinski definition) is 0. The molecule has 1 heterocycles. The summed E-state index contributed by atoms with van der Waals surface area (Å²) in [5.74, 6) is 1.06. The largest absolute Gasteiger partial charge is 0.296 e. The summed E-state index contributed by atoms with van der Waals surface area (Å²) in [6.45, 7) is 2.20. The van der Waals surface area contributed by atoms with E-state index in [1.165, 1.54) is 109 Å². The van der Waals surface area contributed by atoms with Gasteiger partial charge in [-0.05, 0) is 134 Å². The van der Waals surface area contributed by atoms with Crippen molar-refractivity contribution >= 4 is 86.4 Å². The van der Waals surface area contributed by atoms with Crippen molar-refractivity contribution in [1.29, 1.82) is 0 Å². The molecular formula is C61H40N2. The first-order chi connectivity index (χ1) is 31.2. The summed E-state index contributed by atoms with van der Waals surface area (Å²) >= 11 is 0. The molecule has 63 heavy (non-hydrogen) atoms. The van der Waals surface area contributed by atoms with Gasteiger partial charge in [0.05, 0.1) is 16.7 Å². The Hall–Kier alpha value is -8.07. The third-order valence-electron chi connectivity index (χ3n) is 13.5. The molecule has 1 aromatic heterocycles. The van der Waals surface area contributed by atoms with Crippen LogP contribution in [-0.4, -0.2) is 9.55 Å². The summed E-state index contributed by atoms with van der Waals surface area (Å²) in [4.78, 5) is 5.08. The maximum Gasteiger partial charge on any atom is 0.114 e. The Labute approximate surface area is 364 Å². The van der Waals surface area contributed by atoms with E-state index in [4.69, 9.17) is 4.98 Å². The molecule has 0 unspecified atom stereocenters. The first kappa shape index (κ1) is 35.7. The molecular weight excluding hydrogens is 761 g/mol. The van der Waals surface area contributed by atoms with Gasteiger partial charge in [0.2, 0.25) is 0 Å². The highest BCUT2D eigenvalue weighted by molar-refractivity contribution is 6.35. The number of para-hydroxylation sites is 2. The average molecular weight is 801 g/mol. The van der Waals surface area contributed by atoms with Gasteiger partial charge in [-0.2, -0.15) is 0 Å². The van der Waals surface area contributed by atoms with Gasteiger partial charge in [-0.25, -0.2) is 4.98 Å². The van der Waals surface area contributed by atoms with E-state index in [1.54, 1.807) is 0 Å². The van der Waals surface area contributed by atoms with Crippen molar-refractivity contribution in [2.45, 2.75) is 13.3 Å². The van der Waals surface area contributed by atoms with Crippen molar-refractivity contribution in [2.24, 2.45) is 0 Å². The van der Waals surface area contributed by atoms with Crippen LogP contribution in [0, 0.1) is 0 Å². The van der Waals surface area contributed by atoms with E-state index >= 15 is 0 Å². The standard InChI is InChI=1S/C61H40N2/c1-2-58-62-55-30-16-17-31-57(55)63(58)56-35-34-50(43-23-8-11-25-45(43)56)59-48-28-14-15-29-49(48)61(52-36-39(32-33-51(52)59)38-18-4-3-5-19-38)54-37-53-42-22-7-6-20-40(42)41-21-9-12-26-46(41)60(53)47-27-13-10-24-44(47)54/h3-37H,2H2,1H3. The fourth-order valence-electron chi connectivity index (χ4n) is 10.8. The topological polar surface area (TPSA) is 17.8 Å². The van der Waals surface area contributed by atoms with Crippen LogP contribution in [0.3, 0.4) is 0 Å². The molecule has 2 heteroatoms. The van der Waals surface area contributed by atoms with Crippen molar-refractivity contribution in [3.05, 3.63) is 218 Å². The normalized spacial score (nSPS) is 12.0. The molecule has 13 aromatic rings. The monoisotopic (exact) mass is 800 g/mol. The third-order valence-corrected chi connectivity index (χ3v) is 13.5. The van der Waals surface area contributed by atoms with Gasteiger partial charge in [0.25, 0.3) is 0 Å². The lowest BCUT2D eigenvalue weighted by molar-refractivity contribution is 0.913. The van der Waals surface area contributed by atoms with Crippen molar-refractivity contribution in [3.8, 4) is 39.1 Å². The van der Waals surface area contributed by atoms with Crippen LogP contribution in [-0.2, 0) is 6.42 Å². The summed E-state index contributed by atoms with van der Waals surface area (Å²) in [6.07, 6.45) is 0.834. The Morgan fingerprint density at radius 2 is 0.857 bits per heavy atom. The molecule has 0 aliphatic rings. The lowest BCUT2D eigenvalue weighted by atomic mass is 9.81. The molecule has 294 valence electrons. The number of fused-ring (bicyclic) bond motifs is 12. The maximum atomic E-state index is 5.08. The van der Waals surface area contributed by atoms with E-state index in [-0.39, 0.29) is 0 Å². The molecule has 0 radical (unpaired) electrons. The van der Waals surface area contributed by atoms with Crippen molar-refractivity contribution in [1.82, 2.24) is 9.55 Å². The van der Waals surface area contributed by atoms with Crippen molar-refractivity contribution in [2.75, 3.05) is 0 Å². The first-order valence-corrected chi connectivity index (χ1v) is 22.0. The molecule has 0 aliphatic carbocycles. The van der Waals surface area contributed by atoms with E-state index in [0.29, 0.717) is 0 Å².